The van der Waals surface area contributed by atoms with E-state index in [1.54, 1.807) is 62.4 Å². The number of likely N-dealkylation sites (tertiary alicyclic amines) is 1. The Labute approximate surface area is 191 Å². The van der Waals surface area contributed by atoms with Crippen LogP contribution in [0, 0.1) is 10.1 Å². The van der Waals surface area contributed by atoms with Gasteiger partial charge in [-0.1, -0.05) is 48.5 Å². The highest BCUT2D eigenvalue weighted by atomic mass is 16.6. The van der Waals surface area contributed by atoms with Crippen molar-refractivity contribution >= 4 is 23.5 Å². The Hall–Kier alpha value is -4.01. The van der Waals surface area contributed by atoms with E-state index in [4.69, 9.17) is 9.84 Å². The third kappa shape index (κ3) is 7.27. The molecule has 2 aromatic rings. The van der Waals surface area contributed by atoms with Crippen LogP contribution in [0.15, 0.2) is 66.2 Å². The van der Waals surface area contributed by atoms with E-state index in [0.29, 0.717) is 37.1 Å². The number of piperidine rings is 1. The maximum Gasteiger partial charge on any atom is 0.407 e. The Balaban J connectivity index is 0.000000234. The number of carbonyl (C=O) groups excluding carboxylic acids is 2. The molecule has 0 bridgehead atoms. The van der Waals surface area contributed by atoms with Gasteiger partial charge >= 0.3 is 12.1 Å². The molecule has 1 aliphatic heterocycles. The molecule has 1 aliphatic rings. The van der Waals surface area contributed by atoms with Gasteiger partial charge in [0.1, 0.15) is 11.7 Å². The van der Waals surface area contributed by atoms with Crippen molar-refractivity contribution in [2.24, 2.45) is 0 Å². The zero-order chi connectivity index (χ0) is 24.4. The molecule has 0 unspecified atom stereocenters. The standard InChI is InChI=1S/C13H9NO3.C11H17NO4/c15-13(10-6-2-1-3-7-10)11-8-4-5-9-12(11)14(16)17;1-3-8(2)10(13)16-9-4-6-12(7-5-9)11(14)15/h1-9H;3,9H,4-7H2,1-2H3,(H,14,15). The van der Waals surface area contributed by atoms with E-state index >= 15 is 0 Å². The number of ketones is 1. The highest BCUT2D eigenvalue weighted by molar-refractivity contribution is 6.11. The van der Waals surface area contributed by atoms with Gasteiger partial charge in [0, 0.05) is 43.1 Å². The van der Waals surface area contributed by atoms with Crippen molar-refractivity contribution in [1.82, 2.24) is 4.90 Å². The topological polar surface area (TPSA) is 127 Å². The third-order valence-corrected chi connectivity index (χ3v) is 5.12. The van der Waals surface area contributed by atoms with Crippen molar-refractivity contribution in [2.45, 2.75) is 32.8 Å². The lowest BCUT2D eigenvalue weighted by molar-refractivity contribution is -0.385. The van der Waals surface area contributed by atoms with E-state index in [1.165, 1.54) is 17.0 Å². The first-order valence-electron chi connectivity index (χ1n) is 10.4. The number of nitro groups is 1. The molecule has 174 valence electrons. The fourth-order valence-electron chi connectivity index (χ4n) is 3.10. The summed E-state index contributed by atoms with van der Waals surface area (Å²) in [4.78, 5) is 45.8. The Kier molecular flexibility index (Phi) is 9.29. The summed E-state index contributed by atoms with van der Waals surface area (Å²) < 4.78 is 5.25. The Morgan fingerprint density at radius 1 is 1.06 bits per heavy atom. The fraction of sp³-hybridized carbons (Fsp3) is 0.292. The monoisotopic (exact) mass is 454 g/mol. The molecule has 0 aliphatic carbocycles. The molecule has 1 amide bonds. The summed E-state index contributed by atoms with van der Waals surface area (Å²) in [6.45, 7) is 4.35. The molecule has 0 spiro atoms. The van der Waals surface area contributed by atoms with E-state index in [0.717, 1.165) is 0 Å². The van der Waals surface area contributed by atoms with Crippen LogP contribution in [0.5, 0.6) is 0 Å². The molecule has 33 heavy (non-hydrogen) atoms. The fourth-order valence-corrected chi connectivity index (χ4v) is 3.10. The second-order valence-corrected chi connectivity index (χ2v) is 7.32. The number of allylic oxidation sites excluding steroid dienone is 1. The highest BCUT2D eigenvalue weighted by Crippen LogP contribution is 2.21. The van der Waals surface area contributed by atoms with Gasteiger partial charge in [-0.05, 0) is 19.9 Å². The average Bonchev–Trinajstić information content (AvgIpc) is 2.84. The number of amides is 1. The number of hydrogen-bond donors (Lipinski definition) is 1. The molecule has 1 saturated heterocycles. The van der Waals surface area contributed by atoms with Crippen LogP contribution in [0.1, 0.15) is 42.6 Å². The molecule has 3 rings (SSSR count). The molecule has 0 radical (unpaired) electrons. The van der Waals surface area contributed by atoms with Gasteiger partial charge < -0.3 is 14.7 Å². The number of nitrogens with zero attached hydrogens (tertiary/aromatic N) is 2. The van der Waals surface area contributed by atoms with Gasteiger partial charge in [-0.2, -0.15) is 0 Å². The van der Waals surface area contributed by atoms with Gasteiger partial charge in [0.25, 0.3) is 5.69 Å². The van der Waals surface area contributed by atoms with Crippen LogP contribution >= 0.6 is 0 Å². The Bertz CT molecular complexity index is 1030. The average molecular weight is 454 g/mol. The molecule has 2 aromatic carbocycles. The van der Waals surface area contributed by atoms with Crippen LogP contribution in [0.2, 0.25) is 0 Å². The summed E-state index contributed by atoms with van der Waals surface area (Å²) in [6, 6.07) is 14.5. The van der Waals surface area contributed by atoms with Crippen molar-refractivity contribution < 1.29 is 29.2 Å². The number of benzene rings is 2. The molecule has 1 N–H and O–H groups in total. The summed E-state index contributed by atoms with van der Waals surface area (Å²) in [5.74, 6) is -0.644. The largest absolute Gasteiger partial charge is 0.465 e. The molecular weight excluding hydrogens is 428 g/mol. The van der Waals surface area contributed by atoms with Crippen molar-refractivity contribution in [2.75, 3.05) is 13.1 Å². The first kappa shape index (κ1) is 25.3. The van der Waals surface area contributed by atoms with E-state index < -0.39 is 11.0 Å². The van der Waals surface area contributed by atoms with Crippen molar-refractivity contribution in [1.29, 1.82) is 0 Å². The van der Waals surface area contributed by atoms with Gasteiger partial charge in [-0.15, -0.1) is 0 Å². The molecule has 9 heteroatoms. The lowest BCUT2D eigenvalue weighted by atomic mass is 10.0. The first-order chi connectivity index (χ1) is 15.7. The van der Waals surface area contributed by atoms with Gasteiger partial charge in [0.2, 0.25) is 0 Å². The van der Waals surface area contributed by atoms with E-state index in [-0.39, 0.29) is 29.1 Å². The highest BCUT2D eigenvalue weighted by Gasteiger charge is 2.25. The van der Waals surface area contributed by atoms with Gasteiger partial charge in [-0.25, -0.2) is 9.59 Å². The van der Waals surface area contributed by atoms with Gasteiger partial charge in [-0.3, -0.25) is 14.9 Å². The molecule has 0 atom stereocenters. The van der Waals surface area contributed by atoms with E-state index in [1.807, 2.05) is 0 Å². The smallest absolute Gasteiger partial charge is 0.407 e. The Morgan fingerprint density at radius 3 is 2.18 bits per heavy atom. The van der Waals surface area contributed by atoms with Crippen molar-refractivity contribution in [3.8, 4) is 0 Å². The lowest BCUT2D eigenvalue weighted by Gasteiger charge is -2.29. The summed E-state index contributed by atoms with van der Waals surface area (Å²) in [6.07, 6.45) is 1.80. The summed E-state index contributed by atoms with van der Waals surface area (Å²) in [5.41, 5.74) is 0.979. The van der Waals surface area contributed by atoms with Crippen molar-refractivity contribution in [3.63, 3.8) is 0 Å². The summed E-state index contributed by atoms with van der Waals surface area (Å²) >= 11 is 0. The first-order valence-corrected chi connectivity index (χ1v) is 10.4. The number of esters is 1. The quantitative estimate of drug-likeness (QED) is 0.232. The van der Waals surface area contributed by atoms with E-state index in [2.05, 4.69) is 0 Å². The maximum atomic E-state index is 12.1. The van der Waals surface area contributed by atoms with Crippen LogP contribution in [0.25, 0.3) is 0 Å². The minimum Gasteiger partial charge on any atom is -0.465 e. The van der Waals surface area contributed by atoms with Crippen LogP contribution in [-0.4, -0.2) is 52.0 Å². The predicted octanol–water partition coefficient (Wildman–Crippen LogP) is 4.46. The molecule has 9 nitrogen and oxygen atoms in total. The van der Waals surface area contributed by atoms with Crippen LogP contribution < -0.4 is 0 Å². The minimum absolute atomic E-state index is 0.115. The van der Waals surface area contributed by atoms with Crippen LogP contribution in [-0.2, 0) is 9.53 Å². The van der Waals surface area contributed by atoms with E-state index in [9.17, 15) is 24.5 Å². The number of carboxylic acid groups (broad SMARTS) is 1. The second kappa shape index (κ2) is 12.1. The summed E-state index contributed by atoms with van der Waals surface area (Å²) in [7, 11) is 0. The second-order valence-electron chi connectivity index (χ2n) is 7.32. The number of ether oxygens (including phenoxy) is 1. The SMILES string of the molecule is CC=C(C)C(=O)OC1CCN(C(=O)O)CC1.O=C(c1ccccc1)c1ccccc1[N+](=O)[O-]. The van der Waals surface area contributed by atoms with Crippen LogP contribution in [0.4, 0.5) is 10.5 Å². The molecule has 1 heterocycles. The minimum atomic E-state index is -0.908. The Morgan fingerprint density at radius 2 is 1.64 bits per heavy atom. The van der Waals surface area contributed by atoms with Gasteiger partial charge in [0.15, 0.2) is 5.78 Å². The predicted molar refractivity (Wildman–Crippen MR) is 121 cm³/mol. The maximum absolute atomic E-state index is 12.1. The zero-order valence-corrected chi connectivity index (χ0v) is 18.5. The normalized spacial score (nSPS) is 14.0. The molecule has 0 saturated carbocycles. The number of carbonyl (C=O) groups is 3. The lowest BCUT2D eigenvalue weighted by Crippen LogP contribution is -2.40. The van der Waals surface area contributed by atoms with Gasteiger partial charge in [0.05, 0.1) is 4.92 Å². The molecular formula is C24H26N2O7. The number of nitro benzene ring substituents is 1. The molecule has 0 aromatic heterocycles. The summed E-state index contributed by atoms with van der Waals surface area (Å²) in [5, 5.41) is 19.6. The molecule has 1 fully saturated rings. The number of hydrogen-bond acceptors (Lipinski definition) is 6. The third-order valence-electron chi connectivity index (χ3n) is 5.12. The zero-order valence-electron chi connectivity index (χ0n) is 18.5. The van der Waals surface area contributed by atoms with Crippen LogP contribution in [0.3, 0.4) is 0 Å². The number of para-hydroxylation sites is 1. The van der Waals surface area contributed by atoms with Crippen molar-refractivity contribution in [3.05, 3.63) is 87.5 Å². The number of rotatable bonds is 5.